The van der Waals surface area contributed by atoms with Gasteiger partial charge in [-0.05, 0) is 73.7 Å². The van der Waals surface area contributed by atoms with Crippen molar-refractivity contribution in [2.45, 2.75) is 11.8 Å². The van der Waals surface area contributed by atoms with Gasteiger partial charge in [0, 0.05) is 27.8 Å². The molecule has 0 bridgehead atoms. The molecule has 0 aliphatic carbocycles. The van der Waals surface area contributed by atoms with Gasteiger partial charge in [0.2, 0.25) is 0 Å². The largest absolute Gasteiger partial charge is 0.494 e. The number of hydrogen-bond donors (Lipinski definition) is 2. The summed E-state index contributed by atoms with van der Waals surface area (Å²) in [6, 6.07) is 28.1. The summed E-state index contributed by atoms with van der Waals surface area (Å²) in [7, 11) is 0. The summed E-state index contributed by atoms with van der Waals surface area (Å²) in [6.45, 7) is 2.43. The number of ether oxygens (including phenoxy) is 1. The maximum atomic E-state index is 13.4. The average Bonchev–Trinajstić information content (AvgIpc) is 3.01. The third kappa shape index (κ3) is 8.15. The summed E-state index contributed by atoms with van der Waals surface area (Å²) in [5.74, 6) is -0.407. The smallest absolute Gasteiger partial charge is 0.276 e. The van der Waals surface area contributed by atoms with Crippen LogP contribution in [0.3, 0.4) is 0 Å². The topological polar surface area (TPSA) is 128 Å². The Morgan fingerprint density at radius 3 is 2.31 bits per heavy atom. The van der Waals surface area contributed by atoms with Gasteiger partial charge in [0.05, 0.1) is 22.8 Å². The van der Waals surface area contributed by atoms with E-state index in [0.29, 0.717) is 29.2 Å². The van der Waals surface area contributed by atoms with Crippen LogP contribution in [0.1, 0.15) is 33.2 Å². The summed E-state index contributed by atoms with van der Waals surface area (Å²) in [4.78, 5) is 50.7. The van der Waals surface area contributed by atoms with Gasteiger partial charge in [-0.25, -0.2) is 0 Å². The Labute approximate surface area is 246 Å². The summed E-state index contributed by atoms with van der Waals surface area (Å²) >= 11 is 1.31. The fourth-order valence-electron chi connectivity index (χ4n) is 3.87. The van der Waals surface area contributed by atoms with Crippen LogP contribution in [0.4, 0.5) is 11.4 Å². The fraction of sp³-hybridized carbons (Fsp3) is 0.0938. The molecule has 0 aliphatic rings. The molecule has 0 radical (unpaired) electrons. The van der Waals surface area contributed by atoms with Crippen LogP contribution in [-0.4, -0.2) is 34.9 Å². The second-order valence-electron chi connectivity index (χ2n) is 8.85. The number of carbonyl (C=O) groups is 3. The number of para-hydroxylation sites is 1. The SMILES string of the molecule is CCOc1ccc(C(=O)CSc2cccc(NC(=O)/C(=C/c3ccccc3[N+](=O)[O-])NC(=O)c3ccccc3)c2)cc1. The zero-order valence-electron chi connectivity index (χ0n) is 22.6. The van der Waals surface area contributed by atoms with Crippen LogP contribution in [0.2, 0.25) is 0 Å². The van der Waals surface area contributed by atoms with Crippen LogP contribution in [0.15, 0.2) is 114 Å². The van der Waals surface area contributed by atoms with E-state index in [9.17, 15) is 24.5 Å². The molecule has 4 aromatic rings. The first-order valence-electron chi connectivity index (χ1n) is 13.0. The number of nitro benzene ring substituents is 1. The van der Waals surface area contributed by atoms with E-state index in [1.54, 1.807) is 78.9 Å². The Bertz CT molecular complexity index is 1620. The van der Waals surface area contributed by atoms with Crippen molar-refractivity contribution in [1.29, 1.82) is 0 Å². The Balaban J connectivity index is 1.50. The van der Waals surface area contributed by atoms with Crippen molar-refractivity contribution in [2.75, 3.05) is 17.7 Å². The molecule has 0 saturated heterocycles. The number of hydrogen-bond acceptors (Lipinski definition) is 7. The molecule has 0 spiro atoms. The Morgan fingerprint density at radius 2 is 1.60 bits per heavy atom. The third-order valence-corrected chi connectivity index (χ3v) is 6.91. The zero-order valence-corrected chi connectivity index (χ0v) is 23.4. The lowest BCUT2D eigenvalue weighted by atomic mass is 10.1. The van der Waals surface area contributed by atoms with E-state index >= 15 is 0 Å². The number of ketones is 1. The monoisotopic (exact) mass is 581 g/mol. The highest BCUT2D eigenvalue weighted by atomic mass is 32.2. The number of amides is 2. The molecule has 10 heteroatoms. The lowest BCUT2D eigenvalue weighted by molar-refractivity contribution is -0.385. The zero-order chi connectivity index (χ0) is 29.9. The van der Waals surface area contributed by atoms with E-state index in [0.717, 1.165) is 4.90 Å². The van der Waals surface area contributed by atoms with E-state index in [1.807, 2.05) is 13.0 Å². The van der Waals surface area contributed by atoms with Crippen LogP contribution in [-0.2, 0) is 4.79 Å². The van der Waals surface area contributed by atoms with Crippen LogP contribution in [0.5, 0.6) is 5.75 Å². The van der Waals surface area contributed by atoms with E-state index in [-0.39, 0.29) is 28.5 Å². The number of benzene rings is 4. The van der Waals surface area contributed by atoms with Crippen molar-refractivity contribution in [3.8, 4) is 5.75 Å². The van der Waals surface area contributed by atoms with Gasteiger partial charge >= 0.3 is 0 Å². The molecular formula is C32H27N3O6S. The van der Waals surface area contributed by atoms with Gasteiger partial charge in [0.1, 0.15) is 11.4 Å². The van der Waals surface area contributed by atoms with Crippen molar-refractivity contribution in [1.82, 2.24) is 5.32 Å². The summed E-state index contributed by atoms with van der Waals surface area (Å²) in [5.41, 5.74) is 1.05. The summed E-state index contributed by atoms with van der Waals surface area (Å²) in [5, 5.41) is 16.9. The van der Waals surface area contributed by atoms with E-state index in [1.165, 1.54) is 36.0 Å². The second-order valence-corrected chi connectivity index (χ2v) is 9.89. The molecule has 212 valence electrons. The molecule has 0 heterocycles. The first kappa shape index (κ1) is 29.8. The van der Waals surface area contributed by atoms with Gasteiger partial charge in [0.25, 0.3) is 17.5 Å². The van der Waals surface area contributed by atoms with Gasteiger partial charge in [-0.2, -0.15) is 0 Å². The fourth-order valence-corrected chi connectivity index (χ4v) is 4.72. The molecule has 2 N–H and O–H groups in total. The highest BCUT2D eigenvalue weighted by Crippen LogP contribution is 2.25. The van der Waals surface area contributed by atoms with Crippen LogP contribution in [0.25, 0.3) is 6.08 Å². The lowest BCUT2D eigenvalue weighted by Crippen LogP contribution is -2.30. The number of Topliss-reactive ketones (excluding diaryl/α,β-unsaturated/α-hetero) is 1. The van der Waals surface area contributed by atoms with Gasteiger partial charge in [-0.1, -0.05) is 36.4 Å². The minimum atomic E-state index is -0.676. The maximum absolute atomic E-state index is 13.4. The second kappa shape index (κ2) is 14.4. The maximum Gasteiger partial charge on any atom is 0.276 e. The molecule has 42 heavy (non-hydrogen) atoms. The Morgan fingerprint density at radius 1 is 0.881 bits per heavy atom. The number of nitro groups is 1. The average molecular weight is 582 g/mol. The van der Waals surface area contributed by atoms with Crippen molar-refractivity contribution < 1.29 is 24.0 Å². The number of carbonyl (C=O) groups excluding carboxylic acids is 3. The molecule has 0 saturated carbocycles. The third-order valence-electron chi connectivity index (χ3n) is 5.91. The molecule has 0 atom stereocenters. The number of nitrogens with zero attached hydrogens (tertiary/aromatic N) is 1. The highest BCUT2D eigenvalue weighted by Gasteiger charge is 2.18. The first-order chi connectivity index (χ1) is 20.3. The van der Waals surface area contributed by atoms with Crippen LogP contribution in [0, 0.1) is 10.1 Å². The standard InChI is InChI=1S/C32H27N3O6S/c1-2-41-26-17-15-22(16-18-26)30(36)21-42-27-13-8-12-25(20-27)33-32(38)28(34-31(37)23-9-4-3-5-10-23)19-24-11-6-7-14-29(24)35(39)40/h3-20H,2,21H2,1H3,(H,33,38)(H,34,37)/b28-19-. The summed E-state index contributed by atoms with van der Waals surface area (Å²) < 4.78 is 5.42. The first-order valence-corrected chi connectivity index (χ1v) is 13.9. The lowest BCUT2D eigenvalue weighted by Gasteiger charge is -2.12. The predicted molar refractivity (Wildman–Crippen MR) is 163 cm³/mol. The molecule has 0 aliphatic heterocycles. The molecule has 0 unspecified atom stereocenters. The van der Waals surface area contributed by atoms with Gasteiger partial charge in [0.15, 0.2) is 5.78 Å². The number of thioether (sulfide) groups is 1. The minimum absolute atomic E-state index is 0.0595. The van der Waals surface area contributed by atoms with E-state index in [4.69, 9.17) is 4.74 Å². The molecule has 2 amide bonds. The molecular weight excluding hydrogens is 554 g/mol. The van der Waals surface area contributed by atoms with Gasteiger partial charge in [-0.15, -0.1) is 11.8 Å². The Hall–Kier alpha value is -5.22. The summed E-state index contributed by atoms with van der Waals surface area (Å²) in [6.07, 6.45) is 1.27. The predicted octanol–water partition coefficient (Wildman–Crippen LogP) is 6.38. The highest BCUT2D eigenvalue weighted by molar-refractivity contribution is 8.00. The number of anilines is 1. The minimum Gasteiger partial charge on any atom is -0.494 e. The normalized spacial score (nSPS) is 10.9. The van der Waals surface area contributed by atoms with E-state index < -0.39 is 16.7 Å². The number of rotatable bonds is 12. The quantitative estimate of drug-likeness (QED) is 0.0653. The molecule has 0 aromatic heterocycles. The van der Waals surface area contributed by atoms with Crippen molar-refractivity contribution in [2.24, 2.45) is 0 Å². The van der Waals surface area contributed by atoms with E-state index in [2.05, 4.69) is 10.6 Å². The molecule has 9 nitrogen and oxygen atoms in total. The van der Waals surface area contributed by atoms with Gasteiger partial charge in [-0.3, -0.25) is 24.5 Å². The van der Waals surface area contributed by atoms with Crippen LogP contribution < -0.4 is 15.4 Å². The van der Waals surface area contributed by atoms with Crippen molar-refractivity contribution >= 4 is 46.8 Å². The Kier molecular flexibility index (Phi) is 10.2. The number of nitrogens with one attached hydrogen (secondary N) is 2. The molecule has 4 aromatic carbocycles. The van der Waals surface area contributed by atoms with Crippen molar-refractivity contribution in [3.63, 3.8) is 0 Å². The van der Waals surface area contributed by atoms with Gasteiger partial charge < -0.3 is 15.4 Å². The molecule has 0 fully saturated rings. The van der Waals surface area contributed by atoms with Crippen LogP contribution >= 0.6 is 11.8 Å². The molecule has 4 rings (SSSR count). The van der Waals surface area contributed by atoms with Crippen molar-refractivity contribution in [3.05, 3.63) is 136 Å².